The van der Waals surface area contributed by atoms with Crippen LogP contribution in [0.25, 0.3) is 0 Å². The fraction of sp³-hybridized carbons (Fsp3) is 0.417. The van der Waals surface area contributed by atoms with Gasteiger partial charge in [0.15, 0.2) is 0 Å². The maximum absolute atomic E-state index is 3.42. The first-order valence-corrected chi connectivity index (χ1v) is 4.15. The molecule has 0 bridgehead atoms. The van der Waals surface area contributed by atoms with Gasteiger partial charge in [0.25, 0.3) is 0 Å². The number of rotatable bonds is 3. The van der Waals surface area contributed by atoms with Crippen molar-refractivity contribution in [3.8, 4) is 0 Å². The average Bonchev–Trinajstić information content (AvgIpc) is 2.00. The highest BCUT2D eigenvalue weighted by atomic mass is 13.9. The number of hydrogen-bond acceptors (Lipinski definition) is 0. The third-order valence-corrected chi connectivity index (χ3v) is 1.44. The molecule has 0 rings (SSSR count). The number of allylic oxidation sites excluding steroid dienone is 3. The van der Waals surface area contributed by atoms with Crippen molar-refractivity contribution in [2.24, 2.45) is 0 Å². The van der Waals surface area contributed by atoms with Gasteiger partial charge in [0, 0.05) is 0 Å². The molecule has 12 heavy (non-hydrogen) atoms. The van der Waals surface area contributed by atoms with Crippen LogP contribution >= 0.6 is 0 Å². The molecule has 0 aliphatic carbocycles. The van der Waals surface area contributed by atoms with Gasteiger partial charge in [-0.2, -0.15) is 0 Å². The van der Waals surface area contributed by atoms with Gasteiger partial charge in [0.1, 0.15) is 0 Å². The Morgan fingerprint density at radius 3 is 2.50 bits per heavy atom. The molecule has 64 valence electrons. The quantitative estimate of drug-likeness (QED) is 0.435. The monoisotopic (exact) mass is 160 g/mol. The van der Waals surface area contributed by atoms with Crippen molar-refractivity contribution in [2.75, 3.05) is 0 Å². The van der Waals surface area contributed by atoms with Crippen molar-refractivity contribution in [1.82, 2.24) is 0 Å². The summed E-state index contributed by atoms with van der Waals surface area (Å²) >= 11 is 0. The third kappa shape index (κ3) is 6.93. The van der Waals surface area contributed by atoms with Crippen LogP contribution in [0.3, 0.4) is 0 Å². The molecule has 0 atom stereocenters. The molecule has 0 fully saturated rings. The van der Waals surface area contributed by atoms with Gasteiger partial charge in [0.05, 0.1) is 0 Å². The molecule has 0 heterocycles. The lowest BCUT2D eigenvalue weighted by Gasteiger charge is -1.92. The van der Waals surface area contributed by atoms with Gasteiger partial charge in [-0.15, -0.1) is 0 Å². The van der Waals surface area contributed by atoms with Gasteiger partial charge in [-0.3, -0.25) is 0 Å². The zero-order chi connectivity index (χ0) is 9.40. The van der Waals surface area contributed by atoms with Crippen molar-refractivity contribution >= 4 is 0 Å². The molecule has 0 aromatic carbocycles. The molecule has 0 N–H and O–H groups in total. The van der Waals surface area contributed by atoms with E-state index in [1.165, 1.54) is 11.1 Å². The first-order valence-electron chi connectivity index (χ1n) is 4.15. The summed E-state index contributed by atoms with van der Waals surface area (Å²) in [4.78, 5) is 0. The van der Waals surface area contributed by atoms with Gasteiger partial charge in [-0.1, -0.05) is 23.1 Å². The van der Waals surface area contributed by atoms with E-state index in [2.05, 4.69) is 43.7 Å². The first kappa shape index (κ1) is 10.8. The van der Waals surface area contributed by atoms with Crippen LogP contribution in [-0.2, 0) is 0 Å². The summed E-state index contributed by atoms with van der Waals surface area (Å²) in [6, 6.07) is 0. The summed E-state index contributed by atoms with van der Waals surface area (Å²) in [5.74, 6) is 0. The average molecular weight is 160 g/mol. The summed E-state index contributed by atoms with van der Waals surface area (Å²) in [6.07, 6.45) is 4.35. The van der Waals surface area contributed by atoms with Crippen LogP contribution in [0.2, 0.25) is 0 Å². The van der Waals surface area contributed by atoms with Crippen LogP contribution in [0.1, 0.15) is 33.6 Å². The lowest BCUT2D eigenvalue weighted by atomic mass is 10.1. The summed E-state index contributed by atoms with van der Waals surface area (Å²) in [5.41, 5.74) is 10.8. The predicted molar refractivity (Wildman–Crippen MR) is 54.0 cm³/mol. The Balaban J connectivity index is 4.05. The second-order valence-corrected chi connectivity index (χ2v) is 3.03. The van der Waals surface area contributed by atoms with Crippen LogP contribution in [-0.4, -0.2) is 0 Å². The first-order chi connectivity index (χ1) is 5.66. The van der Waals surface area contributed by atoms with Crippen molar-refractivity contribution in [3.63, 3.8) is 0 Å². The summed E-state index contributed by atoms with van der Waals surface area (Å²) in [6.45, 7) is 9.68. The highest BCUT2D eigenvalue weighted by Gasteiger charge is 1.85. The van der Waals surface area contributed by atoms with Gasteiger partial charge in [-0.25, -0.2) is 0 Å². The van der Waals surface area contributed by atoms with Gasteiger partial charge in [-0.05, 0) is 51.5 Å². The van der Waals surface area contributed by atoms with Crippen molar-refractivity contribution in [1.29, 1.82) is 0 Å². The van der Waals surface area contributed by atoms with E-state index < -0.39 is 0 Å². The van der Waals surface area contributed by atoms with E-state index in [9.17, 15) is 0 Å². The Morgan fingerprint density at radius 2 is 2.00 bits per heavy atom. The van der Waals surface area contributed by atoms with Crippen LogP contribution in [0.4, 0.5) is 0 Å². The fourth-order valence-corrected chi connectivity index (χ4v) is 0.791. The lowest BCUT2D eigenvalue weighted by molar-refractivity contribution is 0.970. The molecule has 0 radical (unpaired) electrons. The molecule has 0 aromatic heterocycles. The minimum Gasteiger partial charge on any atom is -0.0855 e. The third-order valence-electron chi connectivity index (χ3n) is 1.44. The van der Waals surface area contributed by atoms with E-state index in [0.29, 0.717) is 0 Å². The topological polar surface area (TPSA) is 0 Å². The largest absolute Gasteiger partial charge is 0.0855 e. The van der Waals surface area contributed by atoms with Gasteiger partial charge < -0.3 is 0 Å². The van der Waals surface area contributed by atoms with E-state index in [0.717, 1.165) is 12.8 Å². The molecule has 0 heteroatoms. The van der Waals surface area contributed by atoms with E-state index in [4.69, 9.17) is 0 Å². The van der Waals surface area contributed by atoms with Crippen LogP contribution in [0.5, 0.6) is 0 Å². The Kier molecular flexibility index (Phi) is 5.88. The summed E-state index contributed by atoms with van der Waals surface area (Å²) in [7, 11) is 0. The minimum atomic E-state index is 1.04. The van der Waals surface area contributed by atoms with Crippen LogP contribution in [0.15, 0.2) is 41.0 Å². The fourth-order valence-electron chi connectivity index (χ4n) is 0.791. The molecule has 0 aromatic rings. The summed E-state index contributed by atoms with van der Waals surface area (Å²) in [5, 5.41) is 0. The number of hydrogen-bond donors (Lipinski definition) is 0. The minimum absolute atomic E-state index is 1.04. The van der Waals surface area contributed by atoms with Crippen LogP contribution in [0, 0.1) is 0 Å². The Labute approximate surface area is 75.3 Å². The maximum Gasteiger partial charge on any atom is -0.0197 e. The normalized spacial score (nSPS) is 7.58. The predicted octanol–water partition coefficient (Wildman–Crippen LogP) is 3.77. The Bertz CT molecular complexity index is 269. The molecule has 0 spiro atoms. The van der Waals surface area contributed by atoms with Crippen molar-refractivity contribution in [3.05, 3.63) is 41.0 Å². The smallest absolute Gasteiger partial charge is 0.0197 e. The van der Waals surface area contributed by atoms with E-state index >= 15 is 0 Å². The SMILES string of the molecule is C=C=C=C=C(C)CCC=C(C)C. The Hall–Kier alpha value is -1.18. The van der Waals surface area contributed by atoms with Gasteiger partial charge >= 0.3 is 0 Å². The molecule has 0 aliphatic heterocycles. The molecule has 0 saturated heterocycles. The molecular weight excluding hydrogens is 144 g/mol. The van der Waals surface area contributed by atoms with E-state index in [1.54, 1.807) is 0 Å². The van der Waals surface area contributed by atoms with Gasteiger partial charge in [0.2, 0.25) is 0 Å². The summed E-state index contributed by atoms with van der Waals surface area (Å²) < 4.78 is 0. The highest BCUT2D eigenvalue weighted by molar-refractivity contribution is 5.01. The van der Waals surface area contributed by atoms with Crippen LogP contribution < -0.4 is 0 Å². The van der Waals surface area contributed by atoms with E-state index in [-0.39, 0.29) is 0 Å². The Morgan fingerprint density at radius 1 is 1.33 bits per heavy atom. The molecule has 0 unspecified atom stereocenters. The molecule has 0 amide bonds. The molecule has 0 nitrogen and oxygen atoms in total. The second kappa shape index (κ2) is 6.53. The molecule has 0 aliphatic rings. The standard InChI is InChI=1S/C12H16/c1-5-6-9-12(4)10-7-8-11(2)3/h8H,1,7,10H2,2-4H3. The lowest BCUT2D eigenvalue weighted by Crippen LogP contribution is -1.73. The van der Waals surface area contributed by atoms with Crippen molar-refractivity contribution < 1.29 is 0 Å². The zero-order valence-electron chi connectivity index (χ0n) is 8.20. The molecule has 0 saturated carbocycles. The second-order valence-electron chi connectivity index (χ2n) is 3.03. The molecular formula is C12H16. The highest BCUT2D eigenvalue weighted by Crippen LogP contribution is 2.04. The van der Waals surface area contributed by atoms with E-state index in [1.807, 2.05) is 6.92 Å². The zero-order valence-corrected chi connectivity index (χ0v) is 8.20. The maximum atomic E-state index is 3.42. The van der Waals surface area contributed by atoms with Crippen molar-refractivity contribution in [2.45, 2.75) is 33.6 Å².